The Morgan fingerprint density at radius 1 is 1.41 bits per heavy atom. The molecule has 1 atom stereocenters. The first kappa shape index (κ1) is 16.0. The molecule has 1 aromatic carbocycles. The zero-order valence-corrected chi connectivity index (χ0v) is 13.1. The highest BCUT2D eigenvalue weighted by Gasteiger charge is 2.19. The van der Waals surface area contributed by atoms with Crippen LogP contribution in [0.2, 0.25) is 0 Å². The first-order valence-corrected chi connectivity index (χ1v) is 7.26. The van der Waals surface area contributed by atoms with Gasteiger partial charge in [-0.2, -0.15) is 0 Å². The van der Waals surface area contributed by atoms with Gasteiger partial charge in [0, 0.05) is 6.42 Å². The van der Waals surface area contributed by atoms with Crippen LogP contribution >= 0.6 is 0 Å². The van der Waals surface area contributed by atoms with Crippen molar-refractivity contribution < 1.29 is 14.3 Å². The average Bonchev–Trinajstić information content (AvgIpc) is 2.84. The van der Waals surface area contributed by atoms with Crippen LogP contribution in [0.1, 0.15) is 33.0 Å². The lowest BCUT2D eigenvalue weighted by Gasteiger charge is -2.21. The molecule has 1 unspecified atom stereocenters. The van der Waals surface area contributed by atoms with Gasteiger partial charge in [0.2, 0.25) is 0 Å². The summed E-state index contributed by atoms with van der Waals surface area (Å²) in [5.41, 5.74) is 1.26. The van der Waals surface area contributed by atoms with Gasteiger partial charge in [-0.25, -0.2) is 9.78 Å². The van der Waals surface area contributed by atoms with Crippen LogP contribution in [0.3, 0.4) is 0 Å². The molecule has 0 fully saturated rings. The van der Waals surface area contributed by atoms with Gasteiger partial charge in [-0.3, -0.25) is 0 Å². The summed E-state index contributed by atoms with van der Waals surface area (Å²) >= 11 is 0. The highest BCUT2D eigenvalue weighted by molar-refractivity contribution is 5.75. The number of aldehydes is 1. The molecule has 1 heterocycles. The zero-order chi connectivity index (χ0) is 16.2. The third-order valence-electron chi connectivity index (χ3n) is 3.00. The van der Waals surface area contributed by atoms with E-state index in [-0.39, 0.29) is 0 Å². The molecule has 2 N–H and O–H groups in total. The zero-order valence-electron chi connectivity index (χ0n) is 13.1. The largest absolute Gasteiger partial charge is 0.444 e. The van der Waals surface area contributed by atoms with Crippen molar-refractivity contribution in [1.29, 1.82) is 0 Å². The van der Waals surface area contributed by atoms with E-state index in [1.807, 2.05) is 24.3 Å². The van der Waals surface area contributed by atoms with Gasteiger partial charge in [0.15, 0.2) is 0 Å². The predicted octanol–water partition coefficient (Wildman–Crippen LogP) is 2.59. The Morgan fingerprint density at radius 2 is 2.14 bits per heavy atom. The van der Waals surface area contributed by atoms with Gasteiger partial charge in [-0.1, -0.05) is 12.1 Å². The Bertz CT molecular complexity index is 625. The third kappa shape index (κ3) is 4.58. The van der Waals surface area contributed by atoms with Crippen molar-refractivity contribution in [3.8, 4) is 0 Å². The molecule has 2 rings (SSSR count). The number of ether oxygens (including phenoxy) is 1. The molecule has 0 saturated heterocycles. The molecular formula is C16H21N3O3. The second-order valence-electron chi connectivity index (χ2n) is 6.13. The Kier molecular flexibility index (Phi) is 4.80. The number of nitrogens with zero attached hydrogens (tertiary/aromatic N) is 1. The minimum absolute atomic E-state index is 0.461. The number of alkyl carbamates (subject to hydrolysis) is 1. The van der Waals surface area contributed by atoms with Crippen LogP contribution in [0.15, 0.2) is 24.3 Å². The molecule has 22 heavy (non-hydrogen) atoms. The number of fused-ring (bicyclic) bond motifs is 1. The summed E-state index contributed by atoms with van der Waals surface area (Å²) in [7, 11) is 0. The fraction of sp³-hybridized carbons (Fsp3) is 0.438. The van der Waals surface area contributed by atoms with E-state index in [0.717, 1.165) is 16.9 Å². The lowest BCUT2D eigenvalue weighted by atomic mass is 10.1. The number of H-pyrrole nitrogens is 1. The molecule has 1 aromatic heterocycles. The van der Waals surface area contributed by atoms with E-state index in [0.29, 0.717) is 19.1 Å². The van der Waals surface area contributed by atoms with Crippen LogP contribution in [-0.2, 0) is 16.0 Å². The summed E-state index contributed by atoms with van der Waals surface area (Å²) in [5.74, 6) is 0.791. The Balaban J connectivity index is 1.90. The third-order valence-corrected chi connectivity index (χ3v) is 3.00. The van der Waals surface area contributed by atoms with Gasteiger partial charge >= 0.3 is 6.09 Å². The minimum Gasteiger partial charge on any atom is -0.444 e. The number of hydrogen-bond acceptors (Lipinski definition) is 4. The number of para-hydroxylation sites is 2. The van der Waals surface area contributed by atoms with Crippen LogP contribution in [0.25, 0.3) is 11.0 Å². The number of benzene rings is 1. The first-order chi connectivity index (χ1) is 10.4. The lowest BCUT2D eigenvalue weighted by molar-refractivity contribution is -0.109. The summed E-state index contributed by atoms with van der Waals surface area (Å²) in [6.45, 7) is 5.32. The van der Waals surface area contributed by atoms with Crippen molar-refractivity contribution >= 4 is 23.4 Å². The number of carbonyl (C=O) groups excluding carboxylic acids is 2. The maximum atomic E-state index is 11.7. The van der Waals surface area contributed by atoms with E-state index in [1.54, 1.807) is 20.8 Å². The van der Waals surface area contributed by atoms with E-state index in [9.17, 15) is 9.59 Å². The number of carbonyl (C=O) groups is 2. The van der Waals surface area contributed by atoms with Crippen LogP contribution in [-0.4, -0.2) is 34.0 Å². The van der Waals surface area contributed by atoms with Crippen molar-refractivity contribution in [2.75, 3.05) is 0 Å². The molecule has 1 amide bonds. The van der Waals surface area contributed by atoms with E-state index < -0.39 is 17.7 Å². The standard InChI is InChI=1S/C16H21N3O3/c1-16(2,3)22-15(21)17-11(10-20)8-9-14-18-12-6-4-5-7-13(12)19-14/h4-7,10-11H,8-9H2,1-3H3,(H,17,21)(H,18,19). The molecule has 0 spiro atoms. The van der Waals surface area contributed by atoms with Gasteiger partial charge in [0.05, 0.1) is 17.1 Å². The van der Waals surface area contributed by atoms with Gasteiger partial charge in [0.25, 0.3) is 0 Å². The van der Waals surface area contributed by atoms with Crippen molar-refractivity contribution in [2.24, 2.45) is 0 Å². The van der Waals surface area contributed by atoms with E-state index in [1.165, 1.54) is 0 Å². The number of amides is 1. The number of hydrogen-bond donors (Lipinski definition) is 2. The highest BCUT2D eigenvalue weighted by Crippen LogP contribution is 2.12. The van der Waals surface area contributed by atoms with Crippen molar-refractivity contribution in [3.63, 3.8) is 0 Å². The summed E-state index contributed by atoms with van der Waals surface area (Å²) in [5, 5.41) is 2.56. The quantitative estimate of drug-likeness (QED) is 0.832. The summed E-state index contributed by atoms with van der Waals surface area (Å²) in [4.78, 5) is 30.4. The topological polar surface area (TPSA) is 84.1 Å². The maximum absolute atomic E-state index is 11.7. The highest BCUT2D eigenvalue weighted by atomic mass is 16.6. The summed E-state index contributed by atoms with van der Waals surface area (Å²) < 4.78 is 5.14. The van der Waals surface area contributed by atoms with Crippen LogP contribution in [0.4, 0.5) is 4.79 Å². The molecule has 0 aliphatic carbocycles. The number of aromatic amines is 1. The molecule has 0 saturated carbocycles. The molecule has 0 radical (unpaired) electrons. The second-order valence-corrected chi connectivity index (χ2v) is 6.13. The van der Waals surface area contributed by atoms with E-state index in [4.69, 9.17) is 4.74 Å². The molecule has 118 valence electrons. The number of nitrogens with one attached hydrogen (secondary N) is 2. The van der Waals surface area contributed by atoms with Crippen molar-refractivity contribution in [2.45, 2.75) is 45.3 Å². The van der Waals surface area contributed by atoms with E-state index >= 15 is 0 Å². The molecule has 6 heteroatoms. The predicted molar refractivity (Wildman–Crippen MR) is 83.6 cm³/mol. The van der Waals surface area contributed by atoms with E-state index in [2.05, 4.69) is 15.3 Å². The van der Waals surface area contributed by atoms with Gasteiger partial charge in [0.1, 0.15) is 17.7 Å². The first-order valence-electron chi connectivity index (χ1n) is 7.26. The Labute approximate surface area is 129 Å². The molecule has 2 aromatic rings. The van der Waals surface area contributed by atoms with Gasteiger partial charge < -0.3 is 19.8 Å². The monoisotopic (exact) mass is 303 g/mol. The lowest BCUT2D eigenvalue weighted by Crippen LogP contribution is -2.40. The van der Waals surface area contributed by atoms with Crippen LogP contribution in [0, 0.1) is 0 Å². The fourth-order valence-corrected chi connectivity index (χ4v) is 2.05. The Morgan fingerprint density at radius 3 is 2.77 bits per heavy atom. The normalized spacial score (nSPS) is 12.9. The number of aromatic nitrogens is 2. The van der Waals surface area contributed by atoms with Crippen molar-refractivity contribution in [3.05, 3.63) is 30.1 Å². The number of imidazole rings is 1. The molecule has 6 nitrogen and oxygen atoms in total. The van der Waals surface area contributed by atoms with Gasteiger partial charge in [-0.05, 0) is 39.3 Å². The smallest absolute Gasteiger partial charge is 0.408 e. The number of aryl methyl sites for hydroxylation is 1. The molecule has 0 bridgehead atoms. The second kappa shape index (κ2) is 6.60. The average molecular weight is 303 g/mol. The molecule has 0 aliphatic heterocycles. The maximum Gasteiger partial charge on any atom is 0.408 e. The SMILES string of the molecule is CC(C)(C)OC(=O)NC(C=O)CCc1nc2ccccc2[nH]1. The number of rotatable bonds is 5. The molecule has 0 aliphatic rings. The van der Waals surface area contributed by atoms with Crippen LogP contribution in [0.5, 0.6) is 0 Å². The fourth-order valence-electron chi connectivity index (χ4n) is 2.05. The Hall–Kier alpha value is -2.37. The van der Waals surface area contributed by atoms with Gasteiger partial charge in [-0.15, -0.1) is 0 Å². The minimum atomic E-state index is -0.594. The summed E-state index contributed by atoms with van der Waals surface area (Å²) in [6, 6.07) is 7.13. The van der Waals surface area contributed by atoms with Crippen LogP contribution < -0.4 is 5.32 Å². The summed E-state index contributed by atoms with van der Waals surface area (Å²) in [6.07, 6.45) is 1.15. The molecular weight excluding hydrogens is 282 g/mol. The van der Waals surface area contributed by atoms with Crippen molar-refractivity contribution in [1.82, 2.24) is 15.3 Å².